The van der Waals surface area contributed by atoms with Crippen molar-refractivity contribution in [1.29, 1.82) is 0 Å². The summed E-state index contributed by atoms with van der Waals surface area (Å²) in [5, 5.41) is -6.90. The van der Waals surface area contributed by atoms with Gasteiger partial charge in [0, 0.05) is 6.08 Å². The Morgan fingerprint density at radius 2 is 0.783 bits per heavy atom. The summed E-state index contributed by atoms with van der Waals surface area (Å²) in [6.45, 7) is 0. The lowest BCUT2D eigenvalue weighted by molar-refractivity contribution is -0.105. The molecule has 0 heterocycles. The van der Waals surface area contributed by atoms with E-state index in [9.17, 15) is 52.7 Å². The highest BCUT2D eigenvalue weighted by molar-refractivity contribution is 6.40. The van der Waals surface area contributed by atoms with Gasteiger partial charge in [-0.1, -0.05) is 34.8 Å². The SMILES string of the molecule is FC(F)(F)/C(Cl)=C(\Cl)C(F)(F)F.FC(F)(F)/C=C(\Cl)C(F)(F)F. The van der Waals surface area contributed by atoms with Crippen molar-refractivity contribution in [1.82, 2.24) is 0 Å². The average Bonchev–Trinajstić information content (AvgIpc) is 2.21. The quantitative estimate of drug-likeness (QED) is 0.361. The van der Waals surface area contributed by atoms with Crippen molar-refractivity contribution in [3.63, 3.8) is 0 Å². The third-order valence-corrected chi connectivity index (χ3v) is 2.48. The Bertz CT molecular complexity index is 425. The number of allylic oxidation sites excluding steroid dienone is 4. The molecule has 0 saturated heterocycles. The smallest absolute Gasteiger partial charge is 0.167 e. The van der Waals surface area contributed by atoms with Crippen LogP contribution < -0.4 is 0 Å². The van der Waals surface area contributed by atoms with E-state index in [0.29, 0.717) is 0 Å². The Morgan fingerprint density at radius 1 is 0.522 bits per heavy atom. The molecule has 0 atom stereocenters. The van der Waals surface area contributed by atoms with Crippen molar-refractivity contribution in [2.45, 2.75) is 24.7 Å². The standard InChI is InChI=1S/C4Cl2F6.C4HClF6/c5-1(3(7,8)9)2(6)4(10,11)12;5-2(4(9,10)11)1-3(6,7)8/h;1H/b2-1+;2-1-. The maximum absolute atomic E-state index is 11.5. The minimum Gasteiger partial charge on any atom is -0.167 e. The lowest BCUT2D eigenvalue weighted by Gasteiger charge is -2.09. The topological polar surface area (TPSA) is 0 Å². The van der Waals surface area contributed by atoms with Gasteiger partial charge in [0.15, 0.2) is 0 Å². The first-order valence-electron chi connectivity index (χ1n) is 4.41. The maximum atomic E-state index is 11.5. The second-order valence-corrected chi connectivity index (χ2v) is 4.32. The Hall–Kier alpha value is -0.490. The second-order valence-electron chi connectivity index (χ2n) is 3.16. The summed E-state index contributed by atoms with van der Waals surface area (Å²) < 4.78 is 136. The highest BCUT2D eigenvalue weighted by atomic mass is 35.5. The molecule has 0 spiro atoms. The predicted molar refractivity (Wildman–Crippen MR) is 56.9 cm³/mol. The Kier molecular flexibility index (Phi) is 8.67. The third-order valence-electron chi connectivity index (χ3n) is 1.25. The second kappa shape index (κ2) is 8.06. The van der Waals surface area contributed by atoms with Gasteiger partial charge in [-0.3, -0.25) is 0 Å². The minimum absolute atomic E-state index is 1.01. The van der Waals surface area contributed by atoms with Crippen molar-refractivity contribution in [3.05, 3.63) is 21.2 Å². The molecule has 0 fully saturated rings. The van der Waals surface area contributed by atoms with E-state index < -0.39 is 45.9 Å². The highest BCUT2D eigenvalue weighted by Gasteiger charge is 2.44. The average molecular weight is 431 g/mol. The summed E-state index contributed by atoms with van der Waals surface area (Å²) in [5.41, 5.74) is 0. The Labute approximate surface area is 134 Å². The van der Waals surface area contributed by atoms with Crippen LogP contribution in [0.15, 0.2) is 21.2 Å². The van der Waals surface area contributed by atoms with E-state index >= 15 is 0 Å². The van der Waals surface area contributed by atoms with Gasteiger partial charge in [0.2, 0.25) is 0 Å². The molecule has 0 amide bonds. The van der Waals surface area contributed by atoms with Gasteiger partial charge in [-0.25, -0.2) is 0 Å². The lowest BCUT2D eigenvalue weighted by Crippen LogP contribution is -2.16. The molecule has 15 heteroatoms. The van der Waals surface area contributed by atoms with E-state index in [2.05, 4.69) is 34.8 Å². The van der Waals surface area contributed by atoms with Gasteiger partial charge in [0.05, 0.1) is 0 Å². The van der Waals surface area contributed by atoms with Crippen LogP contribution in [0.2, 0.25) is 0 Å². The summed E-state index contributed by atoms with van der Waals surface area (Å²) in [6.07, 6.45) is -21.7. The van der Waals surface area contributed by atoms with Crippen LogP contribution in [0.1, 0.15) is 0 Å². The molecule has 0 aromatic carbocycles. The van der Waals surface area contributed by atoms with Gasteiger partial charge in [-0.15, -0.1) is 0 Å². The molecule has 0 aromatic rings. The van der Waals surface area contributed by atoms with Crippen LogP contribution >= 0.6 is 34.8 Å². The molecular weight excluding hydrogens is 430 g/mol. The summed E-state index contributed by atoms with van der Waals surface area (Å²) in [6, 6.07) is 0. The molecule has 0 aliphatic rings. The van der Waals surface area contributed by atoms with E-state index in [-0.39, 0.29) is 0 Å². The first kappa shape index (κ1) is 24.8. The zero-order chi connectivity index (χ0) is 19.4. The zero-order valence-corrected chi connectivity index (χ0v) is 12.0. The fourth-order valence-corrected chi connectivity index (χ4v) is 0.812. The Balaban J connectivity index is 0. The zero-order valence-electron chi connectivity index (χ0n) is 9.75. The summed E-state index contributed by atoms with van der Waals surface area (Å²) in [7, 11) is 0. The Morgan fingerprint density at radius 3 is 0.870 bits per heavy atom. The van der Waals surface area contributed by atoms with Crippen LogP contribution in [0, 0.1) is 0 Å². The van der Waals surface area contributed by atoms with Gasteiger partial charge in [0.25, 0.3) is 0 Å². The van der Waals surface area contributed by atoms with Crippen molar-refractivity contribution < 1.29 is 52.7 Å². The van der Waals surface area contributed by atoms with Gasteiger partial charge in [0.1, 0.15) is 15.1 Å². The molecule has 0 aliphatic heterocycles. The van der Waals surface area contributed by atoms with E-state index in [4.69, 9.17) is 0 Å². The minimum atomic E-state index is -5.27. The van der Waals surface area contributed by atoms with Crippen LogP contribution in [0.25, 0.3) is 0 Å². The van der Waals surface area contributed by atoms with Crippen LogP contribution in [0.4, 0.5) is 52.7 Å². The molecule has 0 aliphatic carbocycles. The fourth-order valence-electron chi connectivity index (χ4n) is 0.474. The molecule has 0 unspecified atom stereocenters. The number of hydrogen-bond donors (Lipinski definition) is 0. The predicted octanol–water partition coefficient (Wildman–Crippen LogP) is 7.03. The van der Waals surface area contributed by atoms with E-state index in [1.54, 1.807) is 0 Å². The fraction of sp³-hybridized carbons (Fsp3) is 0.500. The number of hydrogen-bond acceptors (Lipinski definition) is 0. The van der Waals surface area contributed by atoms with Crippen LogP contribution in [0.3, 0.4) is 0 Å². The monoisotopic (exact) mass is 430 g/mol. The van der Waals surface area contributed by atoms with Crippen LogP contribution in [-0.2, 0) is 0 Å². The largest absolute Gasteiger partial charge is 0.428 e. The van der Waals surface area contributed by atoms with E-state index in [0.717, 1.165) is 0 Å². The summed E-state index contributed by atoms with van der Waals surface area (Å²) in [4.78, 5) is 0. The van der Waals surface area contributed by atoms with Gasteiger partial charge in [-0.2, -0.15) is 52.7 Å². The molecule has 23 heavy (non-hydrogen) atoms. The van der Waals surface area contributed by atoms with Crippen molar-refractivity contribution in [3.8, 4) is 0 Å². The van der Waals surface area contributed by atoms with Gasteiger partial charge < -0.3 is 0 Å². The number of alkyl halides is 12. The van der Waals surface area contributed by atoms with Gasteiger partial charge in [-0.05, 0) is 0 Å². The molecule has 0 nitrogen and oxygen atoms in total. The normalized spacial score (nSPS) is 15.7. The first-order chi connectivity index (χ1) is 9.69. The van der Waals surface area contributed by atoms with Crippen molar-refractivity contribution in [2.75, 3.05) is 0 Å². The molecule has 0 rings (SSSR count). The van der Waals surface area contributed by atoms with E-state index in [1.807, 2.05) is 0 Å². The molecule has 0 aromatic heterocycles. The maximum Gasteiger partial charge on any atom is 0.428 e. The van der Waals surface area contributed by atoms with Crippen LogP contribution in [0.5, 0.6) is 0 Å². The van der Waals surface area contributed by atoms with E-state index in [1.165, 1.54) is 0 Å². The number of rotatable bonds is 0. The summed E-state index contributed by atoms with van der Waals surface area (Å²) in [5.74, 6) is 0. The third kappa shape index (κ3) is 11.7. The summed E-state index contributed by atoms with van der Waals surface area (Å²) >= 11 is 12.8. The molecule has 0 saturated carbocycles. The van der Waals surface area contributed by atoms with Crippen LogP contribution in [-0.4, -0.2) is 24.7 Å². The van der Waals surface area contributed by atoms with Crippen molar-refractivity contribution >= 4 is 34.8 Å². The molecule has 138 valence electrons. The highest BCUT2D eigenvalue weighted by Crippen LogP contribution is 2.40. The molecule has 0 radical (unpaired) electrons. The number of halogens is 15. The van der Waals surface area contributed by atoms with Gasteiger partial charge >= 0.3 is 24.7 Å². The molecule has 0 N–H and O–H groups in total. The lowest BCUT2D eigenvalue weighted by atomic mass is 10.4. The first-order valence-corrected chi connectivity index (χ1v) is 5.55. The molecular formula is C8HCl3F12. The molecule has 0 bridgehead atoms. The van der Waals surface area contributed by atoms with Crippen molar-refractivity contribution in [2.24, 2.45) is 0 Å².